The molecule has 204 valence electrons. The van der Waals surface area contributed by atoms with Crippen molar-refractivity contribution in [2.24, 2.45) is 50.7 Å². The van der Waals surface area contributed by atoms with Crippen molar-refractivity contribution in [3.63, 3.8) is 0 Å². The number of carbonyl (C=O) groups is 1. The summed E-state index contributed by atoms with van der Waals surface area (Å²) in [6.07, 6.45) is 6.26. The van der Waals surface area contributed by atoms with Crippen LogP contribution in [0.5, 0.6) is 0 Å². The standard InChI is InChI=1S/C30H48O6/c1-17-9-12-30(24(34)35)14-13-27(4)18(22(30)29(17,6)36)7-8-20-25(2)11-10-21(33)26(3,16-31)23(25)19(32)15-28(20,27)5/h7,17,19-23,31-33,36H,8-16H2,1-6H3,(H,34,35)/t17-,19-,20-,21+,22-,23?,25-,26?,27-,28-,29-,30+/m1/s1. The topological polar surface area (TPSA) is 118 Å². The summed E-state index contributed by atoms with van der Waals surface area (Å²) >= 11 is 0. The van der Waals surface area contributed by atoms with Crippen LogP contribution in [0.3, 0.4) is 0 Å². The quantitative estimate of drug-likeness (QED) is 0.361. The summed E-state index contributed by atoms with van der Waals surface area (Å²) in [4.78, 5) is 12.8. The van der Waals surface area contributed by atoms with E-state index in [1.54, 1.807) is 0 Å². The van der Waals surface area contributed by atoms with Crippen LogP contribution in [0, 0.1) is 50.7 Å². The van der Waals surface area contributed by atoms with E-state index in [0.29, 0.717) is 32.1 Å². The van der Waals surface area contributed by atoms with Gasteiger partial charge in [0.05, 0.1) is 29.8 Å². The highest BCUT2D eigenvalue weighted by molar-refractivity contribution is 5.77. The number of carboxylic acid groups (broad SMARTS) is 1. The fourth-order valence-electron chi connectivity index (χ4n) is 11.0. The molecule has 0 radical (unpaired) electrons. The highest BCUT2D eigenvalue weighted by atomic mass is 16.4. The van der Waals surface area contributed by atoms with E-state index in [0.717, 1.165) is 24.8 Å². The van der Waals surface area contributed by atoms with E-state index in [9.17, 15) is 30.3 Å². The number of aliphatic hydroxyl groups excluding tert-OH is 3. The molecule has 0 heterocycles. The van der Waals surface area contributed by atoms with Crippen molar-refractivity contribution in [1.82, 2.24) is 0 Å². The van der Waals surface area contributed by atoms with Crippen LogP contribution in [-0.4, -0.2) is 55.9 Å². The van der Waals surface area contributed by atoms with E-state index in [1.807, 2.05) is 20.8 Å². The normalized spacial score (nSPS) is 58.6. The average molecular weight is 505 g/mol. The van der Waals surface area contributed by atoms with Crippen LogP contribution in [0.15, 0.2) is 11.6 Å². The van der Waals surface area contributed by atoms with E-state index < -0.39 is 40.5 Å². The second-order valence-corrected chi connectivity index (χ2v) is 14.7. The number of carboxylic acids is 1. The molecule has 5 N–H and O–H groups in total. The molecule has 4 saturated carbocycles. The highest BCUT2D eigenvalue weighted by Crippen LogP contribution is 2.76. The van der Waals surface area contributed by atoms with Crippen molar-refractivity contribution in [1.29, 1.82) is 0 Å². The summed E-state index contributed by atoms with van der Waals surface area (Å²) in [6, 6.07) is 0. The van der Waals surface area contributed by atoms with Crippen LogP contribution in [0.2, 0.25) is 0 Å². The average Bonchev–Trinajstić information content (AvgIpc) is 2.79. The number of allylic oxidation sites excluding steroid dienone is 1. The number of fused-ring (bicyclic) bond motifs is 7. The van der Waals surface area contributed by atoms with Crippen molar-refractivity contribution in [3.8, 4) is 0 Å². The van der Waals surface area contributed by atoms with Gasteiger partial charge in [-0.1, -0.05) is 46.3 Å². The summed E-state index contributed by atoms with van der Waals surface area (Å²) in [5.74, 6) is -1.21. The largest absolute Gasteiger partial charge is 0.481 e. The lowest BCUT2D eigenvalue weighted by Crippen LogP contribution is -2.70. The van der Waals surface area contributed by atoms with Gasteiger partial charge in [-0.05, 0) is 86.4 Å². The van der Waals surface area contributed by atoms with Gasteiger partial charge in [-0.15, -0.1) is 0 Å². The van der Waals surface area contributed by atoms with Gasteiger partial charge in [0.25, 0.3) is 0 Å². The molecule has 0 saturated heterocycles. The van der Waals surface area contributed by atoms with Crippen LogP contribution >= 0.6 is 0 Å². The van der Waals surface area contributed by atoms with E-state index in [-0.39, 0.29) is 40.6 Å². The third kappa shape index (κ3) is 2.91. The number of aliphatic hydroxyl groups is 4. The van der Waals surface area contributed by atoms with Gasteiger partial charge in [0.1, 0.15) is 0 Å². The minimum absolute atomic E-state index is 0.00712. The Balaban J connectivity index is 1.66. The first-order valence-corrected chi connectivity index (χ1v) is 14.2. The van der Waals surface area contributed by atoms with Gasteiger partial charge in [0, 0.05) is 17.3 Å². The Labute approximate surface area is 216 Å². The second kappa shape index (κ2) is 7.80. The summed E-state index contributed by atoms with van der Waals surface area (Å²) < 4.78 is 0. The minimum atomic E-state index is -1.11. The number of hydrogen-bond acceptors (Lipinski definition) is 5. The van der Waals surface area contributed by atoms with Crippen LogP contribution < -0.4 is 0 Å². The first-order valence-electron chi connectivity index (χ1n) is 14.2. The summed E-state index contributed by atoms with van der Waals surface area (Å²) in [6.45, 7) is 12.5. The maximum Gasteiger partial charge on any atom is 0.310 e. The zero-order valence-corrected chi connectivity index (χ0v) is 23.0. The lowest BCUT2D eigenvalue weighted by Gasteiger charge is -2.72. The molecule has 36 heavy (non-hydrogen) atoms. The lowest BCUT2D eigenvalue weighted by atomic mass is 9.32. The predicted molar refractivity (Wildman–Crippen MR) is 137 cm³/mol. The van der Waals surface area contributed by atoms with Crippen molar-refractivity contribution in [2.45, 2.75) is 111 Å². The van der Waals surface area contributed by atoms with E-state index in [2.05, 4.69) is 26.8 Å². The third-order valence-corrected chi connectivity index (χ3v) is 13.5. The van der Waals surface area contributed by atoms with Crippen LogP contribution in [-0.2, 0) is 4.79 Å². The Morgan fingerprint density at radius 2 is 1.69 bits per heavy atom. The Morgan fingerprint density at radius 1 is 1.03 bits per heavy atom. The zero-order valence-electron chi connectivity index (χ0n) is 23.0. The third-order valence-electron chi connectivity index (χ3n) is 13.5. The molecule has 5 aliphatic rings. The zero-order chi connectivity index (χ0) is 26.7. The van der Waals surface area contributed by atoms with Crippen molar-refractivity contribution >= 4 is 5.97 Å². The Hall–Kier alpha value is -0.950. The number of aliphatic carboxylic acids is 1. The summed E-state index contributed by atoms with van der Waals surface area (Å²) in [5, 5.41) is 55.6. The van der Waals surface area contributed by atoms with Gasteiger partial charge in [-0.2, -0.15) is 0 Å². The highest BCUT2D eigenvalue weighted by Gasteiger charge is 2.73. The molecule has 6 nitrogen and oxygen atoms in total. The van der Waals surface area contributed by atoms with E-state index >= 15 is 0 Å². The molecule has 0 aromatic heterocycles. The molecular formula is C30H48O6. The van der Waals surface area contributed by atoms with Gasteiger partial charge in [-0.25, -0.2) is 0 Å². The summed E-state index contributed by atoms with van der Waals surface area (Å²) in [5.41, 5.74) is -2.62. The van der Waals surface area contributed by atoms with Gasteiger partial charge in [0.2, 0.25) is 0 Å². The van der Waals surface area contributed by atoms with Crippen LogP contribution in [0.25, 0.3) is 0 Å². The Kier molecular flexibility index (Phi) is 5.77. The molecule has 0 amide bonds. The molecule has 6 heteroatoms. The Bertz CT molecular complexity index is 974. The molecule has 0 aliphatic heterocycles. The molecule has 5 aliphatic carbocycles. The number of hydrogen-bond donors (Lipinski definition) is 5. The maximum atomic E-state index is 12.8. The Morgan fingerprint density at radius 3 is 2.31 bits per heavy atom. The van der Waals surface area contributed by atoms with E-state index in [4.69, 9.17) is 0 Å². The van der Waals surface area contributed by atoms with Crippen molar-refractivity contribution in [3.05, 3.63) is 11.6 Å². The fourth-order valence-corrected chi connectivity index (χ4v) is 11.0. The monoisotopic (exact) mass is 504 g/mol. The SMILES string of the molecule is C[C@@H]1CC[C@]2(C(=O)O)CC[C@]3(C)C(=CC[C@@H]4[C@@]5(C)CC[C@H](O)C(C)(CO)C5[C@H](O)C[C@]43C)[C@@H]2[C@]1(C)O. The minimum Gasteiger partial charge on any atom is -0.481 e. The van der Waals surface area contributed by atoms with E-state index in [1.165, 1.54) is 0 Å². The van der Waals surface area contributed by atoms with Crippen LogP contribution in [0.1, 0.15) is 92.9 Å². The smallest absolute Gasteiger partial charge is 0.310 e. The second-order valence-electron chi connectivity index (χ2n) is 14.7. The molecule has 4 fully saturated rings. The lowest BCUT2D eigenvalue weighted by molar-refractivity contribution is -0.255. The molecule has 0 bridgehead atoms. The molecule has 5 rings (SSSR count). The van der Waals surface area contributed by atoms with Gasteiger partial charge < -0.3 is 25.5 Å². The van der Waals surface area contributed by atoms with Gasteiger partial charge in [-0.3, -0.25) is 4.79 Å². The summed E-state index contributed by atoms with van der Waals surface area (Å²) in [7, 11) is 0. The van der Waals surface area contributed by atoms with Gasteiger partial charge >= 0.3 is 5.97 Å². The number of rotatable bonds is 2. The predicted octanol–water partition coefficient (Wildman–Crippen LogP) is 4.15. The molecule has 0 aromatic rings. The molecule has 2 unspecified atom stereocenters. The van der Waals surface area contributed by atoms with Crippen LogP contribution in [0.4, 0.5) is 0 Å². The van der Waals surface area contributed by atoms with Gasteiger partial charge in [0.15, 0.2) is 0 Å². The maximum absolute atomic E-state index is 12.8. The first-order chi connectivity index (χ1) is 16.6. The van der Waals surface area contributed by atoms with Crippen molar-refractivity contribution < 1.29 is 30.3 Å². The first kappa shape index (κ1) is 26.6. The fraction of sp³-hybridized carbons (Fsp3) is 0.900. The molecular weight excluding hydrogens is 456 g/mol. The molecule has 0 aromatic carbocycles. The molecule has 12 atom stereocenters. The van der Waals surface area contributed by atoms with Crippen molar-refractivity contribution in [2.75, 3.05) is 6.61 Å². The molecule has 0 spiro atoms.